The minimum absolute atomic E-state index is 0.0474. The van der Waals surface area contributed by atoms with Crippen LogP contribution in [0.4, 0.5) is 5.69 Å². The molecule has 0 saturated heterocycles. The summed E-state index contributed by atoms with van der Waals surface area (Å²) < 4.78 is 0. The van der Waals surface area contributed by atoms with E-state index in [-0.39, 0.29) is 18.3 Å². The van der Waals surface area contributed by atoms with Gasteiger partial charge in [-0.2, -0.15) is 0 Å². The van der Waals surface area contributed by atoms with Crippen LogP contribution >= 0.6 is 0 Å². The van der Waals surface area contributed by atoms with Gasteiger partial charge in [0.25, 0.3) is 5.69 Å². The zero-order valence-corrected chi connectivity index (χ0v) is 11.4. The van der Waals surface area contributed by atoms with E-state index in [0.717, 1.165) is 12.8 Å². The van der Waals surface area contributed by atoms with Crippen LogP contribution in [-0.2, 0) is 4.79 Å². The van der Waals surface area contributed by atoms with Gasteiger partial charge in [0.15, 0.2) is 0 Å². The third-order valence-corrected chi connectivity index (χ3v) is 3.66. The quantitative estimate of drug-likeness (QED) is 0.611. The number of hydrogen-bond donors (Lipinski definition) is 1. The lowest BCUT2D eigenvalue weighted by Gasteiger charge is -2.27. The van der Waals surface area contributed by atoms with E-state index in [0.29, 0.717) is 18.0 Å². The molecule has 0 bridgehead atoms. The summed E-state index contributed by atoms with van der Waals surface area (Å²) in [5, 5.41) is 20.1. The molecule has 1 fully saturated rings. The molecule has 6 nitrogen and oxygen atoms in total. The fourth-order valence-electron chi connectivity index (χ4n) is 2.37. The number of rotatable bonds is 7. The van der Waals surface area contributed by atoms with Gasteiger partial charge in [-0.05, 0) is 25.7 Å². The molecular formula is C14H18N2O4. The molecule has 0 radical (unpaired) electrons. The largest absolute Gasteiger partial charge is 0.480 e. The lowest BCUT2D eigenvalue weighted by atomic mass is 10.0. The second kappa shape index (κ2) is 6.00. The van der Waals surface area contributed by atoms with Crippen molar-refractivity contribution in [3.8, 4) is 0 Å². The molecular weight excluding hydrogens is 260 g/mol. The van der Waals surface area contributed by atoms with E-state index in [4.69, 9.17) is 5.11 Å². The van der Waals surface area contributed by atoms with E-state index in [2.05, 4.69) is 0 Å². The van der Waals surface area contributed by atoms with Gasteiger partial charge in [0.2, 0.25) is 0 Å². The van der Waals surface area contributed by atoms with Crippen molar-refractivity contribution < 1.29 is 14.8 Å². The van der Waals surface area contributed by atoms with Crippen LogP contribution in [0.2, 0.25) is 0 Å². The first-order valence-electron chi connectivity index (χ1n) is 6.68. The topological polar surface area (TPSA) is 83.7 Å². The zero-order valence-electron chi connectivity index (χ0n) is 11.4. The SMILES string of the molecule is CC(c1ccccc1[N+](=O)[O-])N(CC(=O)O)CC1CC1. The maximum atomic E-state index is 11.1. The number of para-hydroxylation sites is 1. The van der Waals surface area contributed by atoms with Gasteiger partial charge in [0, 0.05) is 24.2 Å². The van der Waals surface area contributed by atoms with Crippen molar-refractivity contribution in [2.45, 2.75) is 25.8 Å². The predicted molar refractivity (Wildman–Crippen MR) is 73.4 cm³/mol. The Balaban J connectivity index is 2.23. The van der Waals surface area contributed by atoms with Gasteiger partial charge >= 0.3 is 5.97 Å². The normalized spacial score (nSPS) is 16.1. The number of hydrogen-bond acceptors (Lipinski definition) is 4. The Hall–Kier alpha value is -1.95. The van der Waals surface area contributed by atoms with Crippen molar-refractivity contribution in [3.05, 3.63) is 39.9 Å². The van der Waals surface area contributed by atoms with Gasteiger partial charge in [-0.25, -0.2) is 0 Å². The van der Waals surface area contributed by atoms with E-state index >= 15 is 0 Å². The Morgan fingerprint density at radius 1 is 1.50 bits per heavy atom. The van der Waals surface area contributed by atoms with Crippen molar-refractivity contribution in [3.63, 3.8) is 0 Å². The van der Waals surface area contributed by atoms with E-state index in [1.807, 2.05) is 11.8 Å². The minimum atomic E-state index is -0.906. The molecule has 1 saturated carbocycles. The zero-order chi connectivity index (χ0) is 14.7. The van der Waals surface area contributed by atoms with Crippen molar-refractivity contribution >= 4 is 11.7 Å². The summed E-state index contributed by atoms with van der Waals surface area (Å²) in [6.45, 7) is 2.41. The van der Waals surface area contributed by atoms with Crippen molar-refractivity contribution in [1.29, 1.82) is 0 Å². The number of nitro groups is 1. The summed E-state index contributed by atoms with van der Waals surface area (Å²) in [6.07, 6.45) is 2.22. The smallest absolute Gasteiger partial charge is 0.317 e. The Labute approximate surface area is 117 Å². The van der Waals surface area contributed by atoms with Gasteiger partial charge in [0.1, 0.15) is 0 Å². The molecule has 1 aromatic rings. The highest BCUT2D eigenvalue weighted by Crippen LogP contribution is 2.34. The van der Waals surface area contributed by atoms with Crippen LogP contribution in [0.3, 0.4) is 0 Å². The molecule has 1 aliphatic carbocycles. The number of nitro benzene ring substituents is 1. The van der Waals surface area contributed by atoms with Crippen LogP contribution in [0, 0.1) is 16.0 Å². The summed E-state index contributed by atoms with van der Waals surface area (Å²) in [5.74, 6) is -0.379. The number of aliphatic carboxylic acids is 1. The first kappa shape index (κ1) is 14.5. The van der Waals surface area contributed by atoms with Gasteiger partial charge in [0.05, 0.1) is 11.5 Å². The number of carbonyl (C=O) groups is 1. The fraction of sp³-hybridized carbons (Fsp3) is 0.500. The molecule has 1 unspecified atom stereocenters. The highest BCUT2D eigenvalue weighted by atomic mass is 16.6. The maximum Gasteiger partial charge on any atom is 0.317 e. The average Bonchev–Trinajstić information content (AvgIpc) is 3.20. The first-order chi connectivity index (χ1) is 9.49. The van der Waals surface area contributed by atoms with Gasteiger partial charge < -0.3 is 5.11 Å². The van der Waals surface area contributed by atoms with Crippen molar-refractivity contribution in [2.24, 2.45) is 5.92 Å². The summed E-state index contributed by atoms with van der Waals surface area (Å²) in [6, 6.07) is 6.24. The lowest BCUT2D eigenvalue weighted by Crippen LogP contribution is -2.34. The van der Waals surface area contributed by atoms with Crippen LogP contribution in [0.5, 0.6) is 0 Å². The molecule has 1 aromatic carbocycles. The molecule has 0 aromatic heterocycles. The monoisotopic (exact) mass is 278 g/mol. The summed E-state index contributed by atoms with van der Waals surface area (Å²) in [5.41, 5.74) is 0.616. The molecule has 1 N–H and O–H groups in total. The molecule has 108 valence electrons. The fourth-order valence-corrected chi connectivity index (χ4v) is 2.37. The molecule has 0 heterocycles. The highest BCUT2D eigenvalue weighted by Gasteiger charge is 2.30. The number of carboxylic acids is 1. The minimum Gasteiger partial charge on any atom is -0.480 e. The number of carboxylic acid groups (broad SMARTS) is 1. The Morgan fingerprint density at radius 2 is 2.15 bits per heavy atom. The standard InChI is InChI=1S/C14H18N2O4/c1-10(12-4-2-3-5-13(12)16(19)20)15(9-14(17)18)8-11-6-7-11/h2-5,10-11H,6-9H2,1H3,(H,17,18). The van der Waals surface area contributed by atoms with Crippen LogP contribution in [0.25, 0.3) is 0 Å². The molecule has 0 amide bonds. The maximum absolute atomic E-state index is 11.1. The van der Waals surface area contributed by atoms with Gasteiger partial charge in [-0.1, -0.05) is 18.2 Å². The third kappa shape index (κ3) is 3.54. The Kier molecular flexibility index (Phi) is 4.34. The average molecular weight is 278 g/mol. The van der Waals surface area contributed by atoms with Crippen LogP contribution in [0.1, 0.15) is 31.4 Å². The second-order valence-corrected chi connectivity index (χ2v) is 5.26. The predicted octanol–water partition coefficient (Wildman–Crippen LogP) is 2.45. The molecule has 2 rings (SSSR count). The molecule has 1 aliphatic rings. The number of benzene rings is 1. The van der Waals surface area contributed by atoms with Gasteiger partial charge in [-0.3, -0.25) is 19.8 Å². The van der Waals surface area contributed by atoms with Crippen LogP contribution in [-0.4, -0.2) is 34.0 Å². The van der Waals surface area contributed by atoms with E-state index in [1.54, 1.807) is 18.2 Å². The second-order valence-electron chi connectivity index (χ2n) is 5.26. The van der Waals surface area contributed by atoms with Crippen LogP contribution in [0.15, 0.2) is 24.3 Å². The molecule has 20 heavy (non-hydrogen) atoms. The number of nitrogens with zero attached hydrogens (tertiary/aromatic N) is 2. The lowest BCUT2D eigenvalue weighted by molar-refractivity contribution is -0.386. The van der Waals surface area contributed by atoms with E-state index in [1.165, 1.54) is 6.07 Å². The van der Waals surface area contributed by atoms with Crippen LogP contribution < -0.4 is 0 Å². The molecule has 0 aliphatic heterocycles. The first-order valence-corrected chi connectivity index (χ1v) is 6.68. The van der Waals surface area contributed by atoms with E-state index < -0.39 is 10.9 Å². The molecule has 0 spiro atoms. The van der Waals surface area contributed by atoms with Gasteiger partial charge in [-0.15, -0.1) is 0 Å². The van der Waals surface area contributed by atoms with E-state index in [9.17, 15) is 14.9 Å². The summed E-state index contributed by atoms with van der Waals surface area (Å²) in [4.78, 5) is 23.5. The third-order valence-electron chi connectivity index (χ3n) is 3.66. The Bertz CT molecular complexity index is 514. The molecule has 1 atom stereocenters. The Morgan fingerprint density at radius 3 is 2.70 bits per heavy atom. The summed E-state index contributed by atoms with van der Waals surface area (Å²) >= 11 is 0. The van der Waals surface area contributed by atoms with Crippen molar-refractivity contribution in [1.82, 2.24) is 4.90 Å². The van der Waals surface area contributed by atoms with Crippen molar-refractivity contribution in [2.75, 3.05) is 13.1 Å². The molecule has 6 heteroatoms. The highest BCUT2D eigenvalue weighted by molar-refractivity contribution is 5.69. The summed E-state index contributed by atoms with van der Waals surface area (Å²) in [7, 11) is 0.